The van der Waals surface area contributed by atoms with E-state index in [1.54, 1.807) is 0 Å². The van der Waals surface area contributed by atoms with Crippen LogP contribution in [-0.2, 0) is 4.79 Å². The van der Waals surface area contributed by atoms with Crippen molar-refractivity contribution in [2.75, 3.05) is 11.4 Å². The van der Waals surface area contributed by atoms with Crippen LogP contribution < -0.4 is 10.6 Å². The van der Waals surface area contributed by atoms with Crippen LogP contribution in [0.2, 0.25) is 0 Å². The van der Waals surface area contributed by atoms with Gasteiger partial charge >= 0.3 is 0 Å². The molecule has 1 saturated heterocycles. The molecule has 0 saturated carbocycles. The first kappa shape index (κ1) is 11.1. The van der Waals surface area contributed by atoms with Gasteiger partial charge in [-0.2, -0.15) is 0 Å². The van der Waals surface area contributed by atoms with Gasteiger partial charge in [0.25, 0.3) is 0 Å². The van der Waals surface area contributed by atoms with Gasteiger partial charge in [0.1, 0.15) is 0 Å². The van der Waals surface area contributed by atoms with E-state index >= 15 is 0 Å². The van der Waals surface area contributed by atoms with E-state index in [0.717, 1.165) is 29.8 Å². The molecule has 1 aromatic carbocycles. The van der Waals surface area contributed by atoms with E-state index in [4.69, 9.17) is 5.73 Å². The zero-order valence-electron chi connectivity index (χ0n) is 10.1. The zero-order valence-corrected chi connectivity index (χ0v) is 10.1. The molecule has 1 aromatic rings. The lowest BCUT2D eigenvalue weighted by atomic mass is 10.0. The third-order valence-corrected chi connectivity index (χ3v) is 3.15. The molecular formula is C13H18N2O. The summed E-state index contributed by atoms with van der Waals surface area (Å²) < 4.78 is 0. The molecule has 2 N–H and O–H groups in total. The highest BCUT2D eigenvalue weighted by Gasteiger charge is 2.31. The van der Waals surface area contributed by atoms with Crippen LogP contribution in [0.3, 0.4) is 0 Å². The maximum Gasteiger partial charge on any atom is 0.243 e. The molecule has 1 aliphatic heterocycles. The fourth-order valence-corrected chi connectivity index (χ4v) is 2.52. The molecule has 1 amide bonds. The van der Waals surface area contributed by atoms with Gasteiger partial charge in [-0.3, -0.25) is 4.79 Å². The first-order chi connectivity index (χ1) is 7.50. The predicted molar refractivity (Wildman–Crippen MR) is 65.6 cm³/mol. The molecule has 3 nitrogen and oxygen atoms in total. The third-order valence-electron chi connectivity index (χ3n) is 3.15. The van der Waals surface area contributed by atoms with Gasteiger partial charge in [0, 0.05) is 12.2 Å². The summed E-state index contributed by atoms with van der Waals surface area (Å²) in [7, 11) is 0. The standard InChI is InChI=1S/C13H18N2O/c1-8-6-9(2)12(10(3)7-8)15-5-4-11(14)13(15)16/h6-7,11H,4-5,14H2,1-3H3/t11-/m0/s1. The Morgan fingerprint density at radius 1 is 1.25 bits per heavy atom. The minimum Gasteiger partial charge on any atom is -0.320 e. The molecule has 16 heavy (non-hydrogen) atoms. The fraction of sp³-hybridized carbons (Fsp3) is 0.462. The average molecular weight is 218 g/mol. The summed E-state index contributed by atoms with van der Waals surface area (Å²) in [4.78, 5) is 13.7. The number of nitrogens with zero attached hydrogens (tertiary/aromatic N) is 1. The summed E-state index contributed by atoms with van der Waals surface area (Å²) in [6, 6.07) is 3.90. The van der Waals surface area contributed by atoms with Crippen molar-refractivity contribution in [2.24, 2.45) is 5.73 Å². The highest BCUT2D eigenvalue weighted by atomic mass is 16.2. The van der Waals surface area contributed by atoms with Gasteiger partial charge < -0.3 is 10.6 Å². The Morgan fingerprint density at radius 3 is 2.25 bits per heavy atom. The number of hydrogen-bond acceptors (Lipinski definition) is 2. The molecular weight excluding hydrogens is 200 g/mol. The summed E-state index contributed by atoms with van der Waals surface area (Å²) in [6.45, 7) is 6.91. The SMILES string of the molecule is Cc1cc(C)c(N2CC[C@H](N)C2=O)c(C)c1. The van der Waals surface area contributed by atoms with Gasteiger partial charge in [-0.15, -0.1) is 0 Å². The van der Waals surface area contributed by atoms with E-state index in [0.29, 0.717) is 0 Å². The smallest absolute Gasteiger partial charge is 0.243 e. The number of nitrogens with two attached hydrogens (primary N) is 1. The second kappa shape index (κ2) is 3.91. The minimum absolute atomic E-state index is 0.0510. The van der Waals surface area contributed by atoms with Crippen LogP contribution in [0.5, 0.6) is 0 Å². The Labute approximate surface area is 96.2 Å². The van der Waals surface area contributed by atoms with Crippen molar-refractivity contribution < 1.29 is 4.79 Å². The molecule has 0 unspecified atom stereocenters. The molecule has 0 radical (unpaired) electrons. The molecule has 3 heteroatoms. The van der Waals surface area contributed by atoms with Crippen molar-refractivity contribution in [3.8, 4) is 0 Å². The van der Waals surface area contributed by atoms with Crippen LogP contribution >= 0.6 is 0 Å². The maximum atomic E-state index is 11.9. The molecule has 1 atom stereocenters. The number of anilines is 1. The van der Waals surface area contributed by atoms with E-state index < -0.39 is 0 Å². The largest absolute Gasteiger partial charge is 0.320 e. The number of amides is 1. The monoisotopic (exact) mass is 218 g/mol. The summed E-state index contributed by atoms with van der Waals surface area (Å²) in [5, 5.41) is 0. The summed E-state index contributed by atoms with van der Waals surface area (Å²) in [6.07, 6.45) is 0.756. The Morgan fingerprint density at radius 2 is 1.81 bits per heavy atom. The van der Waals surface area contributed by atoms with Gasteiger partial charge in [0.05, 0.1) is 6.04 Å². The number of rotatable bonds is 1. The van der Waals surface area contributed by atoms with E-state index in [1.165, 1.54) is 5.56 Å². The highest BCUT2D eigenvalue weighted by Crippen LogP contribution is 2.29. The molecule has 0 bridgehead atoms. The van der Waals surface area contributed by atoms with Crippen molar-refractivity contribution in [1.82, 2.24) is 0 Å². The van der Waals surface area contributed by atoms with E-state index in [1.807, 2.05) is 18.7 Å². The van der Waals surface area contributed by atoms with E-state index in [9.17, 15) is 4.79 Å². The Balaban J connectivity index is 2.45. The van der Waals surface area contributed by atoms with Gasteiger partial charge in [0.15, 0.2) is 0 Å². The molecule has 1 fully saturated rings. The number of hydrogen-bond donors (Lipinski definition) is 1. The van der Waals surface area contributed by atoms with Crippen LogP contribution in [-0.4, -0.2) is 18.5 Å². The Bertz CT molecular complexity index is 417. The van der Waals surface area contributed by atoms with Gasteiger partial charge in [-0.25, -0.2) is 0 Å². The lowest BCUT2D eigenvalue weighted by Gasteiger charge is -2.21. The molecule has 2 rings (SSSR count). The normalized spacial score (nSPS) is 20.6. The quantitative estimate of drug-likeness (QED) is 0.779. The van der Waals surface area contributed by atoms with Crippen LogP contribution in [0.15, 0.2) is 12.1 Å². The molecule has 0 spiro atoms. The lowest BCUT2D eigenvalue weighted by molar-refractivity contribution is -0.118. The number of carbonyl (C=O) groups is 1. The van der Waals surface area contributed by atoms with Crippen LogP contribution in [0.25, 0.3) is 0 Å². The van der Waals surface area contributed by atoms with Crippen LogP contribution in [0, 0.1) is 20.8 Å². The average Bonchev–Trinajstić information content (AvgIpc) is 2.48. The summed E-state index contributed by atoms with van der Waals surface area (Å²) >= 11 is 0. The minimum atomic E-state index is -0.319. The summed E-state index contributed by atoms with van der Waals surface area (Å²) in [5.41, 5.74) is 10.3. The number of benzene rings is 1. The summed E-state index contributed by atoms with van der Waals surface area (Å²) in [5.74, 6) is 0.0510. The second-order valence-electron chi connectivity index (χ2n) is 4.63. The molecule has 1 aliphatic rings. The second-order valence-corrected chi connectivity index (χ2v) is 4.63. The Hall–Kier alpha value is -1.35. The van der Waals surface area contributed by atoms with Crippen molar-refractivity contribution in [1.29, 1.82) is 0 Å². The maximum absolute atomic E-state index is 11.9. The number of aryl methyl sites for hydroxylation is 3. The van der Waals surface area contributed by atoms with Crippen molar-refractivity contribution in [2.45, 2.75) is 33.2 Å². The van der Waals surface area contributed by atoms with E-state index in [-0.39, 0.29) is 11.9 Å². The van der Waals surface area contributed by atoms with Gasteiger partial charge in [-0.05, 0) is 38.3 Å². The van der Waals surface area contributed by atoms with Crippen LogP contribution in [0.4, 0.5) is 5.69 Å². The highest BCUT2D eigenvalue weighted by molar-refractivity contribution is 6.00. The van der Waals surface area contributed by atoms with Crippen LogP contribution in [0.1, 0.15) is 23.1 Å². The first-order valence-corrected chi connectivity index (χ1v) is 5.65. The third kappa shape index (κ3) is 1.71. The lowest BCUT2D eigenvalue weighted by Crippen LogP contribution is -2.34. The predicted octanol–water partition coefficient (Wildman–Crippen LogP) is 1.68. The van der Waals surface area contributed by atoms with Crippen molar-refractivity contribution >= 4 is 11.6 Å². The Kier molecular flexibility index (Phi) is 2.72. The number of carbonyl (C=O) groups excluding carboxylic acids is 1. The van der Waals surface area contributed by atoms with Crippen molar-refractivity contribution in [3.63, 3.8) is 0 Å². The van der Waals surface area contributed by atoms with Gasteiger partial charge in [0.2, 0.25) is 5.91 Å². The molecule has 86 valence electrons. The van der Waals surface area contributed by atoms with E-state index in [2.05, 4.69) is 19.1 Å². The zero-order chi connectivity index (χ0) is 11.9. The van der Waals surface area contributed by atoms with Crippen molar-refractivity contribution in [3.05, 3.63) is 28.8 Å². The fourth-order valence-electron chi connectivity index (χ4n) is 2.52. The van der Waals surface area contributed by atoms with Gasteiger partial charge in [-0.1, -0.05) is 17.7 Å². The topological polar surface area (TPSA) is 46.3 Å². The molecule has 0 aliphatic carbocycles. The molecule has 1 heterocycles. The first-order valence-electron chi connectivity index (χ1n) is 5.65. The molecule has 0 aromatic heterocycles.